The van der Waals surface area contributed by atoms with Crippen LogP contribution in [0.4, 0.5) is 4.39 Å². The fraction of sp³-hybridized carbons (Fsp3) is 0.200. The lowest BCUT2D eigenvalue weighted by Gasteiger charge is -2.15. The van der Waals surface area contributed by atoms with Gasteiger partial charge in [-0.05, 0) is 42.8 Å². The van der Waals surface area contributed by atoms with Crippen LogP contribution in [0.2, 0.25) is 0 Å². The minimum Gasteiger partial charge on any atom is -0.493 e. The van der Waals surface area contributed by atoms with Crippen molar-refractivity contribution >= 4 is 17.9 Å². The highest BCUT2D eigenvalue weighted by Crippen LogP contribution is 2.27. The zero-order valence-corrected chi connectivity index (χ0v) is 15.7. The van der Waals surface area contributed by atoms with E-state index in [4.69, 9.17) is 14.2 Å². The van der Waals surface area contributed by atoms with Crippen molar-refractivity contribution in [2.75, 3.05) is 14.2 Å². The Labute approximate surface area is 162 Å². The zero-order chi connectivity index (χ0) is 20.5. The summed E-state index contributed by atoms with van der Waals surface area (Å²) in [5.41, 5.74) is 5.15. The molecule has 2 amide bonds. The van der Waals surface area contributed by atoms with Crippen LogP contribution in [0.5, 0.6) is 17.2 Å². The van der Waals surface area contributed by atoms with E-state index in [1.165, 1.54) is 45.4 Å². The average molecular weight is 388 g/mol. The number of rotatable bonds is 7. The zero-order valence-electron chi connectivity index (χ0n) is 15.7. The van der Waals surface area contributed by atoms with Crippen LogP contribution in [-0.4, -0.2) is 32.1 Å². The van der Waals surface area contributed by atoms with E-state index in [-0.39, 0.29) is 5.75 Å². The molecule has 0 aromatic heterocycles. The Morgan fingerprint density at radius 1 is 1.00 bits per heavy atom. The van der Waals surface area contributed by atoms with Crippen LogP contribution in [-0.2, 0) is 9.59 Å². The van der Waals surface area contributed by atoms with Crippen molar-refractivity contribution in [1.29, 1.82) is 0 Å². The van der Waals surface area contributed by atoms with Crippen LogP contribution >= 0.6 is 0 Å². The third-order valence-electron chi connectivity index (χ3n) is 3.65. The summed E-state index contributed by atoms with van der Waals surface area (Å²) in [5.74, 6) is -0.719. The topological polar surface area (TPSA) is 85.9 Å². The molecule has 2 N–H and O–H groups in total. The second-order valence-electron chi connectivity index (χ2n) is 5.62. The molecule has 0 radical (unpaired) electrons. The molecule has 2 aromatic carbocycles. The molecule has 0 aliphatic carbocycles. The van der Waals surface area contributed by atoms with Crippen LogP contribution in [0.25, 0.3) is 6.08 Å². The van der Waals surface area contributed by atoms with Gasteiger partial charge >= 0.3 is 0 Å². The standard InChI is InChI=1S/C20H21FN2O5/c1-13(28-16-7-5-4-6-15(16)21)20(25)23-22-19(24)11-9-14-8-10-17(26-2)18(12-14)27-3/h4-13H,1-3H3,(H,22,24)(H,23,25)/b11-9+. The van der Waals surface area contributed by atoms with Crippen LogP contribution in [0.15, 0.2) is 48.5 Å². The van der Waals surface area contributed by atoms with Gasteiger partial charge in [0.2, 0.25) is 0 Å². The second-order valence-corrected chi connectivity index (χ2v) is 5.62. The molecule has 0 fully saturated rings. The molecule has 7 nitrogen and oxygen atoms in total. The lowest BCUT2D eigenvalue weighted by atomic mass is 10.2. The summed E-state index contributed by atoms with van der Waals surface area (Å²) in [4.78, 5) is 23.8. The van der Waals surface area contributed by atoms with Gasteiger partial charge < -0.3 is 14.2 Å². The van der Waals surface area contributed by atoms with Crippen molar-refractivity contribution in [3.63, 3.8) is 0 Å². The number of hydrazine groups is 1. The van der Waals surface area contributed by atoms with E-state index in [2.05, 4.69) is 10.9 Å². The molecule has 0 saturated carbocycles. The summed E-state index contributed by atoms with van der Waals surface area (Å²) < 4.78 is 29.1. The van der Waals surface area contributed by atoms with Gasteiger partial charge in [-0.2, -0.15) is 0 Å². The molecule has 148 valence electrons. The first-order valence-corrected chi connectivity index (χ1v) is 8.35. The largest absolute Gasteiger partial charge is 0.493 e. The minimum absolute atomic E-state index is 0.0511. The summed E-state index contributed by atoms with van der Waals surface area (Å²) in [7, 11) is 3.04. The van der Waals surface area contributed by atoms with Gasteiger partial charge in [0, 0.05) is 6.08 Å². The number of hydrogen-bond acceptors (Lipinski definition) is 5. The first-order chi connectivity index (χ1) is 13.4. The number of carbonyl (C=O) groups is 2. The molecule has 1 unspecified atom stereocenters. The van der Waals surface area contributed by atoms with E-state index in [0.717, 1.165) is 0 Å². The van der Waals surface area contributed by atoms with Gasteiger partial charge in [-0.3, -0.25) is 20.4 Å². The van der Waals surface area contributed by atoms with Crippen LogP contribution in [0.1, 0.15) is 12.5 Å². The molecule has 1 atom stereocenters. The molecule has 0 saturated heterocycles. The Hall–Kier alpha value is -3.55. The van der Waals surface area contributed by atoms with E-state index in [9.17, 15) is 14.0 Å². The highest BCUT2D eigenvalue weighted by atomic mass is 19.1. The van der Waals surface area contributed by atoms with Crippen LogP contribution < -0.4 is 25.1 Å². The molecule has 0 spiro atoms. The molecule has 28 heavy (non-hydrogen) atoms. The highest BCUT2D eigenvalue weighted by molar-refractivity contribution is 5.93. The van der Waals surface area contributed by atoms with E-state index >= 15 is 0 Å². The van der Waals surface area contributed by atoms with Gasteiger partial charge in [0.25, 0.3) is 11.8 Å². The van der Waals surface area contributed by atoms with Crippen molar-refractivity contribution in [3.05, 3.63) is 59.9 Å². The smallest absolute Gasteiger partial charge is 0.279 e. The molecule has 2 aromatic rings. The SMILES string of the molecule is COc1ccc(/C=C/C(=O)NNC(=O)C(C)Oc2ccccc2F)cc1OC. The van der Waals surface area contributed by atoms with Crippen molar-refractivity contribution < 1.29 is 28.2 Å². The predicted octanol–water partition coefficient (Wildman–Crippen LogP) is 2.47. The van der Waals surface area contributed by atoms with Crippen LogP contribution in [0.3, 0.4) is 0 Å². The molecule has 0 heterocycles. The third-order valence-corrected chi connectivity index (χ3v) is 3.65. The molecule has 2 rings (SSSR count). The minimum atomic E-state index is -1.01. The molecule has 8 heteroatoms. The predicted molar refractivity (Wildman–Crippen MR) is 101 cm³/mol. The number of halogens is 1. The Morgan fingerprint density at radius 3 is 2.39 bits per heavy atom. The Bertz CT molecular complexity index is 869. The number of benzene rings is 2. The van der Waals surface area contributed by atoms with Gasteiger partial charge in [-0.1, -0.05) is 18.2 Å². The maximum atomic E-state index is 13.5. The molecule has 0 aliphatic rings. The van der Waals surface area contributed by atoms with Crippen molar-refractivity contribution in [2.24, 2.45) is 0 Å². The van der Waals surface area contributed by atoms with E-state index < -0.39 is 23.7 Å². The summed E-state index contributed by atoms with van der Waals surface area (Å²) in [5, 5.41) is 0. The van der Waals surface area contributed by atoms with Crippen molar-refractivity contribution in [1.82, 2.24) is 10.9 Å². The highest BCUT2D eigenvalue weighted by Gasteiger charge is 2.16. The third kappa shape index (κ3) is 5.73. The van der Waals surface area contributed by atoms with E-state index in [0.29, 0.717) is 17.1 Å². The Kier molecular flexibility index (Phi) is 7.38. The molecule has 0 aliphatic heterocycles. The van der Waals surface area contributed by atoms with Gasteiger partial charge in [-0.25, -0.2) is 4.39 Å². The Balaban J connectivity index is 1.87. The monoisotopic (exact) mass is 388 g/mol. The Morgan fingerprint density at radius 2 is 1.71 bits per heavy atom. The van der Waals surface area contributed by atoms with Crippen molar-refractivity contribution in [2.45, 2.75) is 13.0 Å². The van der Waals surface area contributed by atoms with E-state index in [1.54, 1.807) is 30.3 Å². The molecular weight excluding hydrogens is 367 g/mol. The summed E-state index contributed by atoms with van der Waals surface area (Å²) in [6, 6.07) is 10.9. The van der Waals surface area contributed by atoms with Crippen LogP contribution in [0, 0.1) is 5.82 Å². The normalized spacial score (nSPS) is 11.6. The van der Waals surface area contributed by atoms with Gasteiger partial charge in [0.1, 0.15) is 0 Å². The first kappa shape index (κ1) is 20.8. The van der Waals surface area contributed by atoms with Gasteiger partial charge in [-0.15, -0.1) is 0 Å². The lowest BCUT2D eigenvalue weighted by Crippen LogP contribution is -2.46. The van der Waals surface area contributed by atoms with E-state index in [1.807, 2.05) is 0 Å². The number of hydrogen-bond donors (Lipinski definition) is 2. The van der Waals surface area contributed by atoms with Crippen molar-refractivity contribution in [3.8, 4) is 17.2 Å². The molecular formula is C20H21FN2O5. The van der Waals surface area contributed by atoms with Gasteiger partial charge in [0.15, 0.2) is 29.2 Å². The number of ether oxygens (including phenoxy) is 3. The lowest BCUT2D eigenvalue weighted by molar-refractivity contribution is -0.131. The number of amides is 2. The first-order valence-electron chi connectivity index (χ1n) is 8.35. The summed E-state index contributed by atoms with van der Waals surface area (Å²) >= 11 is 0. The maximum absolute atomic E-state index is 13.5. The van der Waals surface area contributed by atoms with Gasteiger partial charge in [0.05, 0.1) is 14.2 Å². The molecule has 0 bridgehead atoms. The number of nitrogens with one attached hydrogen (secondary N) is 2. The fourth-order valence-corrected chi connectivity index (χ4v) is 2.18. The number of carbonyl (C=O) groups excluding carboxylic acids is 2. The maximum Gasteiger partial charge on any atom is 0.279 e. The number of methoxy groups -OCH3 is 2. The summed E-state index contributed by atoms with van der Waals surface area (Å²) in [6.45, 7) is 1.44. The average Bonchev–Trinajstić information content (AvgIpc) is 2.71. The quantitative estimate of drug-likeness (QED) is 0.562. The fourth-order valence-electron chi connectivity index (χ4n) is 2.18. The second kappa shape index (κ2) is 9.96. The number of para-hydroxylation sites is 1. The summed E-state index contributed by atoms with van der Waals surface area (Å²) in [6.07, 6.45) is 1.78.